The van der Waals surface area contributed by atoms with Gasteiger partial charge in [-0.3, -0.25) is 9.59 Å². The van der Waals surface area contributed by atoms with E-state index < -0.39 is 0 Å². The lowest BCUT2D eigenvalue weighted by molar-refractivity contribution is -0.126. The summed E-state index contributed by atoms with van der Waals surface area (Å²) in [6.45, 7) is 3.76. The third-order valence-electron chi connectivity index (χ3n) is 4.65. The van der Waals surface area contributed by atoms with Crippen molar-refractivity contribution in [2.45, 2.75) is 19.9 Å². The van der Waals surface area contributed by atoms with Crippen LogP contribution in [0.4, 0.5) is 5.82 Å². The molecular formula is C22H24N4O2. The van der Waals surface area contributed by atoms with Crippen molar-refractivity contribution in [3.63, 3.8) is 0 Å². The van der Waals surface area contributed by atoms with Gasteiger partial charge in [0.2, 0.25) is 5.91 Å². The third-order valence-corrected chi connectivity index (χ3v) is 4.65. The van der Waals surface area contributed by atoms with E-state index in [1.807, 2.05) is 37.3 Å². The predicted molar refractivity (Wildman–Crippen MR) is 112 cm³/mol. The molecule has 0 saturated carbocycles. The molecule has 3 rings (SSSR count). The second-order valence-electron chi connectivity index (χ2n) is 6.80. The van der Waals surface area contributed by atoms with Crippen LogP contribution >= 0.6 is 0 Å². The summed E-state index contributed by atoms with van der Waals surface area (Å²) in [5.41, 5.74) is 2.87. The second-order valence-corrected chi connectivity index (χ2v) is 6.80. The third kappa shape index (κ3) is 4.65. The lowest BCUT2D eigenvalue weighted by Crippen LogP contribution is -2.28. The van der Waals surface area contributed by atoms with Crippen molar-refractivity contribution in [2.75, 3.05) is 18.9 Å². The van der Waals surface area contributed by atoms with Gasteiger partial charge in [-0.2, -0.15) is 0 Å². The van der Waals surface area contributed by atoms with Crippen molar-refractivity contribution in [1.82, 2.24) is 14.9 Å². The summed E-state index contributed by atoms with van der Waals surface area (Å²) in [5, 5.41) is 4.06. The highest BCUT2D eigenvalue weighted by Crippen LogP contribution is 2.23. The van der Waals surface area contributed by atoms with Crippen molar-refractivity contribution in [1.29, 1.82) is 0 Å². The number of amides is 1. The highest BCUT2D eigenvalue weighted by atomic mass is 16.2. The van der Waals surface area contributed by atoms with Crippen LogP contribution in [0.5, 0.6) is 0 Å². The number of para-hydroxylation sites is 1. The molecule has 28 heavy (non-hydrogen) atoms. The maximum atomic E-state index is 12.5. The molecule has 0 aliphatic heterocycles. The normalized spacial score (nSPS) is 12.2. The van der Waals surface area contributed by atoms with E-state index in [1.165, 1.54) is 6.92 Å². The van der Waals surface area contributed by atoms with E-state index in [-0.39, 0.29) is 24.3 Å². The number of rotatable bonds is 7. The number of pyridine rings is 1. The van der Waals surface area contributed by atoms with Crippen LogP contribution in [0.15, 0.2) is 54.7 Å². The molecule has 6 heteroatoms. The molecule has 0 aliphatic rings. The van der Waals surface area contributed by atoms with E-state index >= 15 is 0 Å². The molecule has 3 aromatic rings. The Kier molecular flexibility index (Phi) is 5.89. The number of hydrogen-bond donors (Lipinski definition) is 2. The molecule has 0 bridgehead atoms. The Morgan fingerprint density at radius 2 is 2.04 bits per heavy atom. The lowest BCUT2D eigenvalue weighted by Gasteiger charge is -2.22. The summed E-state index contributed by atoms with van der Waals surface area (Å²) in [5.74, 6) is 0.580. The van der Waals surface area contributed by atoms with Gasteiger partial charge in [0.1, 0.15) is 11.6 Å². The monoisotopic (exact) mass is 376 g/mol. The molecule has 0 fully saturated rings. The summed E-state index contributed by atoms with van der Waals surface area (Å²) in [7, 11) is 1.79. The quantitative estimate of drug-likeness (QED) is 0.615. The minimum atomic E-state index is -0.0927. The maximum absolute atomic E-state index is 12.5. The average Bonchev–Trinajstić information content (AvgIpc) is 3.14. The van der Waals surface area contributed by atoms with E-state index in [1.54, 1.807) is 36.4 Å². The molecule has 0 radical (unpaired) electrons. The fraction of sp³-hybridized carbons (Fsp3) is 0.227. The molecule has 0 saturated heterocycles. The van der Waals surface area contributed by atoms with Crippen molar-refractivity contribution in [3.05, 3.63) is 66.0 Å². The summed E-state index contributed by atoms with van der Waals surface area (Å²) >= 11 is 0. The van der Waals surface area contributed by atoms with Crippen molar-refractivity contribution >= 4 is 34.5 Å². The van der Waals surface area contributed by atoms with Crippen molar-refractivity contribution < 1.29 is 9.59 Å². The van der Waals surface area contributed by atoms with Crippen LogP contribution in [0.3, 0.4) is 0 Å². The first kappa shape index (κ1) is 19.4. The van der Waals surface area contributed by atoms with E-state index in [9.17, 15) is 9.59 Å². The molecule has 0 aliphatic carbocycles. The Hall–Kier alpha value is -3.41. The van der Waals surface area contributed by atoms with Crippen LogP contribution in [0.1, 0.15) is 31.1 Å². The molecule has 1 amide bonds. The lowest BCUT2D eigenvalue weighted by atomic mass is 10.2. The van der Waals surface area contributed by atoms with Gasteiger partial charge in [-0.25, -0.2) is 4.98 Å². The van der Waals surface area contributed by atoms with Gasteiger partial charge in [0, 0.05) is 30.5 Å². The smallest absolute Gasteiger partial charge is 0.246 e. The summed E-state index contributed by atoms with van der Waals surface area (Å²) in [4.78, 5) is 32.8. The highest BCUT2D eigenvalue weighted by Gasteiger charge is 2.17. The summed E-state index contributed by atoms with van der Waals surface area (Å²) in [6, 6.07) is 13.7. The number of ketones is 1. The molecular weight excluding hydrogens is 352 g/mol. The number of Topliss-reactive ketones (excluding diaryl/α,β-unsaturated/α-hetero) is 1. The fourth-order valence-corrected chi connectivity index (χ4v) is 2.83. The van der Waals surface area contributed by atoms with Gasteiger partial charge in [0.25, 0.3) is 0 Å². The number of hydrogen-bond acceptors (Lipinski definition) is 4. The number of carbonyl (C=O) groups excluding carboxylic acids is 2. The van der Waals surface area contributed by atoms with Crippen molar-refractivity contribution in [3.8, 4) is 0 Å². The Morgan fingerprint density at radius 1 is 1.25 bits per heavy atom. The zero-order chi connectivity index (χ0) is 20.1. The Morgan fingerprint density at radius 3 is 2.71 bits per heavy atom. The topological polar surface area (TPSA) is 78.1 Å². The highest BCUT2D eigenvalue weighted by molar-refractivity contribution is 5.92. The van der Waals surface area contributed by atoms with E-state index in [0.717, 1.165) is 22.2 Å². The second kappa shape index (κ2) is 8.52. The first-order valence-corrected chi connectivity index (χ1v) is 9.16. The van der Waals surface area contributed by atoms with Gasteiger partial charge in [-0.05, 0) is 55.1 Å². The Bertz CT molecular complexity index is 972. The number of nitrogens with one attached hydrogen (secondary N) is 2. The van der Waals surface area contributed by atoms with Crippen LogP contribution in [0, 0.1) is 0 Å². The van der Waals surface area contributed by atoms with E-state index in [0.29, 0.717) is 5.82 Å². The molecule has 144 valence electrons. The number of H-pyrrole nitrogens is 1. The molecule has 1 unspecified atom stereocenters. The van der Waals surface area contributed by atoms with Gasteiger partial charge < -0.3 is 15.2 Å². The number of fused-ring (bicyclic) bond motifs is 1. The SMILES string of the molecule is CC(=O)CNc1ccc(C=CC(=O)N(C)C(C)c2cc3ccccc3[nH]2)cn1. The molecule has 2 heterocycles. The number of likely N-dealkylation sites (N-methyl/N-ethyl adjacent to an activating group) is 1. The largest absolute Gasteiger partial charge is 0.363 e. The van der Waals surface area contributed by atoms with Gasteiger partial charge in [0.05, 0.1) is 12.6 Å². The Labute approximate surface area is 164 Å². The summed E-state index contributed by atoms with van der Waals surface area (Å²) in [6.07, 6.45) is 4.94. The Balaban J connectivity index is 1.63. The molecule has 2 aromatic heterocycles. The van der Waals surface area contributed by atoms with Crippen LogP contribution < -0.4 is 5.32 Å². The zero-order valence-electron chi connectivity index (χ0n) is 16.3. The van der Waals surface area contributed by atoms with Crippen molar-refractivity contribution in [2.24, 2.45) is 0 Å². The minimum Gasteiger partial charge on any atom is -0.363 e. The zero-order valence-corrected chi connectivity index (χ0v) is 16.3. The first-order valence-electron chi connectivity index (χ1n) is 9.16. The number of anilines is 1. The van der Waals surface area contributed by atoms with E-state index in [2.05, 4.69) is 21.4 Å². The molecule has 2 N–H and O–H groups in total. The van der Waals surface area contributed by atoms with Crippen LogP contribution in [0.2, 0.25) is 0 Å². The molecule has 1 atom stereocenters. The molecule has 6 nitrogen and oxygen atoms in total. The standard InChI is InChI=1S/C22H24N4O2/c1-15(27)13-23-21-10-8-17(14-24-21)9-11-22(28)26(3)16(2)20-12-18-6-4-5-7-19(18)25-20/h4-12,14,16,25H,13H2,1-3H3,(H,23,24). The number of aromatic nitrogens is 2. The number of benzene rings is 1. The van der Waals surface area contributed by atoms with Gasteiger partial charge >= 0.3 is 0 Å². The van der Waals surface area contributed by atoms with Crippen LogP contribution in [-0.4, -0.2) is 40.2 Å². The van der Waals surface area contributed by atoms with Crippen LogP contribution in [0.25, 0.3) is 17.0 Å². The van der Waals surface area contributed by atoms with E-state index in [4.69, 9.17) is 0 Å². The van der Waals surface area contributed by atoms with Gasteiger partial charge in [-0.15, -0.1) is 0 Å². The summed E-state index contributed by atoms with van der Waals surface area (Å²) < 4.78 is 0. The fourth-order valence-electron chi connectivity index (χ4n) is 2.83. The first-order chi connectivity index (χ1) is 13.4. The predicted octanol–water partition coefficient (Wildman–Crippen LogP) is 3.80. The van der Waals surface area contributed by atoms with Crippen LogP contribution in [-0.2, 0) is 9.59 Å². The number of aromatic amines is 1. The molecule has 0 spiro atoms. The maximum Gasteiger partial charge on any atom is 0.246 e. The number of carbonyl (C=O) groups is 2. The molecule has 1 aromatic carbocycles. The van der Waals surface area contributed by atoms with Gasteiger partial charge in [0.15, 0.2) is 0 Å². The van der Waals surface area contributed by atoms with Gasteiger partial charge in [-0.1, -0.05) is 18.2 Å². The number of nitrogens with zero attached hydrogens (tertiary/aromatic N) is 2. The minimum absolute atomic E-state index is 0.0449. The average molecular weight is 376 g/mol.